The molecule has 1 fully saturated rings. The Balaban J connectivity index is 1.34. The predicted octanol–water partition coefficient (Wildman–Crippen LogP) is 5.31. The number of carbonyl (C=O) groups is 2. The molecule has 1 aliphatic heterocycles. The third-order valence-electron chi connectivity index (χ3n) is 6.79. The van der Waals surface area contributed by atoms with Gasteiger partial charge in [-0.25, -0.2) is 4.39 Å². The van der Waals surface area contributed by atoms with E-state index in [4.69, 9.17) is 4.74 Å². The topological polar surface area (TPSA) is 49.9 Å². The summed E-state index contributed by atoms with van der Waals surface area (Å²) in [5.41, 5.74) is 3.77. The molecule has 1 aromatic heterocycles. The number of halogens is 1. The Kier molecular flexibility index (Phi) is 6.60. The average molecular weight is 493 g/mol. The zero-order valence-corrected chi connectivity index (χ0v) is 20.8. The molecule has 35 heavy (non-hydrogen) atoms. The van der Waals surface area contributed by atoms with Gasteiger partial charge in [0.15, 0.2) is 0 Å². The number of hydrogen-bond donors (Lipinski definition) is 0. The van der Waals surface area contributed by atoms with Gasteiger partial charge in [-0.3, -0.25) is 9.59 Å². The quantitative estimate of drug-likeness (QED) is 0.449. The van der Waals surface area contributed by atoms with Crippen molar-refractivity contribution in [3.05, 3.63) is 86.9 Å². The minimum Gasteiger partial charge on any atom is -0.491 e. The highest BCUT2D eigenvalue weighted by molar-refractivity contribution is 7.10. The van der Waals surface area contributed by atoms with Gasteiger partial charge in [-0.05, 0) is 86.0 Å². The van der Waals surface area contributed by atoms with Crippen molar-refractivity contribution in [2.75, 3.05) is 19.7 Å². The summed E-state index contributed by atoms with van der Waals surface area (Å²) in [5.74, 6) is 0.120. The van der Waals surface area contributed by atoms with Crippen molar-refractivity contribution in [1.82, 2.24) is 9.80 Å². The van der Waals surface area contributed by atoms with Crippen LogP contribution in [0.1, 0.15) is 50.8 Å². The van der Waals surface area contributed by atoms with Crippen LogP contribution in [0, 0.1) is 19.7 Å². The third kappa shape index (κ3) is 5.10. The standard InChI is InChI=1S/C28H29FN2O3S/c1-18-3-10-25(19(2)15-18)34-17-24-23-12-14-35-26(23)11-13-30(24)27(32)16-31(22-8-9-22)28(33)20-4-6-21(29)7-5-20/h3-7,10,12,14-15,22,24H,8-9,11,13,16-17H2,1-2H3. The Morgan fingerprint density at radius 2 is 1.89 bits per heavy atom. The Morgan fingerprint density at radius 3 is 2.60 bits per heavy atom. The van der Waals surface area contributed by atoms with E-state index in [1.807, 2.05) is 24.0 Å². The number of aryl methyl sites for hydroxylation is 2. The van der Waals surface area contributed by atoms with E-state index >= 15 is 0 Å². The van der Waals surface area contributed by atoms with E-state index in [-0.39, 0.29) is 36.3 Å². The lowest BCUT2D eigenvalue weighted by atomic mass is 10.00. The Bertz CT molecular complexity index is 1240. The second-order valence-corrected chi connectivity index (χ2v) is 10.4. The van der Waals surface area contributed by atoms with Crippen LogP contribution in [0.3, 0.4) is 0 Å². The maximum absolute atomic E-state index is 13.6. The van der Waals surface area contributed by atoms with Crippen LogP contribution in [0.2, 0.25) is 0 Å². The Morgan fingerprint density at radius 1 is 1.11 bits per heavy atom. The van der Waals surface area contributed by atoms with Crippen molar-refractivity contribution in [3.8, 4) is 5.75 Å². The summed E-state index contributed by atoms with van der Waals surface area (Å²) in [6.07, 6.45) is 2.57. The van der Waals surface area contributed by atoms with Crippen molar-refractivity contribution >= 4 is 23.2 Å². The van der Waals surface area contributed by atoms with Crippen LogP contribution in [0.4, 0.5) is 4.39 Å². The fourth-order valence-corrected chi connectivity index (χ4v) is 5.68. The Labute approximate surface area is 209 Å². The van der Waals surface area contributed by atoms with Crippen LogP contribution in [0.5, 0.6) is 5.75 Å². The van der Waals surface area contributed by atoms with Gasteiger partial charge in [-0.2, -0.15) is 0 Å². The number of fused-ring (bicyclic) bond motifs is 1. The predicted molar refractivity (Wildman–Crippen MR) is 134 cm³/mol. The summed E-state index contributed by atoms with van der Waals surface area (Å²) >= 11 is 1.71. The number of carbonyl (C=O) groups excluding carboxylic acids is 2. The normalized spacial score (nSPS) is 17.1. The second kappa shape index (κ2) is 9.82. The van der Waals surface area contributed by atoms with Gasteiger partial charge in [0.2, 0.25) is 5.91 Å². The Hall–Kier alpha value is -3.19. The molecule has 1 unspecified atom stereocenters. The van der Waals surface area contributed by atoms with Crippen LogP contribution in [0.15, 0.2) is 53.9 Å². The first-order chi connectivity index (χ1) is 16.9. The molecule has 2 amide bonds. The molecule has 2 heterocycles. The molecule has 1 aliphatic carbocycles. The van der Waals surface area contributed by atoms with E-state index in [1.54, 1.807) is 16.2 Å². The molecule has 3 aromatic rings. The van der Waals surface area contributed by atoms with Crippen LogP contribution in [0.25, 0.3) is 0 Å². The summed E-state index contributed by atoms with van der Waals surface area (Å²) in [6, 6.07) is 13.5. The third-order valence-corrected chi connectivity index (χ3v) is 7.78. The maximum atomic E-state index is 13.6. The van der Waals surface area contributed by atoms with Crippen molar-refractivity contribution in [1.29, 1.82) is 0 Å². The number of amides is 2. The number of rotatable bonds is 7. The zero-order chi connectivity index (χ0) is 24.5. The van der Waals surface area contributed by atoms with Gasteiger partial charge in [0.25, 0.3) is 5.91 Å². The molecular weight excluding hydrogens is 463 g/mol. The van der Waals surface area contributed by atoms with Crippen LogP contribution >= 0.6 is 11.3 Å². The van der Waals surface area contributed by atoms with Crippen LogP contribution in [-0.4, -0.2) is 47.4 Å². The number of nitrogens with zero attached hydrogens (tertiary/aromatic N) is 2. The molecule has 5 nitrogen and oxygen atoms in total. The SMILES string of the molecule is Cc1ccc(OCC2c3ccsc3CCN2C(=O)CN(C(=O)c2ccc(F)cc2)C2CC2)c(C)c1. The lowest BCUT2D eigenvalue weighted by Gasteiger charge is -2.37. The number of thiophene rings is 1. The molecule has 182 valence electrons. The molecule has 7 heteroatoms. The molecule has 5 rings (SSSR count). The summed E-state index contributed by atoms with van der Waals surface area (Å²) < 4.78 is 19.6. The summed E-state index contributed by atoms with van der Waals surface area (Å²) in [5, 5.41) is 2.07. The lowest BCUT2D eigenvalue weighted by Crippen LogP contribution is -2.48. The minimum atomic E-state index is -0.387. The molecule has 2 aromatic carbocycles. The smallest absolute Gasteiger partial charge is 0.254 e. The lowest BCUT2D eigenvalue weighted by molar-refractivity contribution is -0.135. The number of ether oxygens (including phenoxy) is 1. The van der Waals surface area contributed by atoms with Crippen LogP contribution < -0.4 is 4.74 Å². The number of hydrogen-bond acceptors (Lipinski definition) is 4. The molecule has 2 aliphatic rings. The molecule has 0 radical (unpaired) electrons. The van der Waals surface area contributed by atoms with Crippen molar-refractivity contribution in [2.45, 2.75) is 45.2 Å². The molecule has 0 bridgehead atoms. The minimum absolute atomic E-state index is 0.0143. The van der Waals surface area contributed by atoms with Crippen molar-refractivity contribution in [3.63, 3.8) is 0 Å². The van der Waals surface area contributed by atoms with E-state index in [2.05, 4.69) is 24.4 Å². The van der Waals surface area contributed by atoms with E-state index in [0.29, 0.717) is 18.7 Å². The molecule has 1 atom stereocenters. The molecule has 0 saturated heterocycles. The first kappa shape index (κ1) is 23.5. The fraction of sp³-hybridized carbons (Fsp3) is 0.357. The van der Waals surface area contributed by atoms with E-state index in [9.17, 15) is 14.0 Å². The summed E-state index contributed by atoms with van der Waals surface area (Å²) in [4.78, 5) is 31.6. The van der Waals surface area contributed by atoms with Gasteiger partial charge in [0.05, 0.1) is 6.04 Å². The van der Waals surface area contributed by atoms with E-state index in [1.165, 1.54) is 34.7 Å². The van der Waals surface area contributed by atoms with Gasteiger partial charge < -0.3 is 14.5 Å². The monoisotopic (exact) mass is 492 g/mol. The fourth-order valence-electron chi connectivity index (χ4n) is 4.75. The first-order valence-corrected chi connectivity index (χ1v) is 12.9. The highest BCUT2D eigenvalue weighted by Crippen LogP contribution is 2.35. The molecule has 0 spiro atoms. The largest absolute Gasteiger partial charge is 0.491 e. The highest BCUT2D eigenvalue weighted by Gasteiger charge is 2.38. The van der Waals surface area contributed by atoms with Gasteiger partial charge in [0.1, 0.15) is 24.7 Å². The maximum Gasteiger partial charge on any atom is 0.254 e. The van der Waals surface area contributed by atoms with Crippen LogP contribution in [-0.2, 0) is 11.2 Å². The van der Waals surface area contributed by atoms with Gasteiger partial charge >= 0.3 is 0 Å². The van der Waals surface area contributed by atoms with Gasteiger partial charge in [-0.15, -0.1) is 11.3 Å². The second-order valence-electron chi connectivity index (χ2n) is 9.40. The summed E-state index contributed by atoms with van der Waals surface area (Å²) in [7, 11) is 0. The van der Waals surface area contributed by atoms with E-state index < -0.39 is 0 Å². The van der Waals surface area contributed by atoms with Crippen molar-refractivity contribution < 1.29 is 18.7 Å². The first-order valence-electron chi connectivity index (χ1n) is 12.0. The number of benzene rings is 2. The average Bonchev–Trinajstić information content (AvgIpc) is 3.57. The molecule has 0 N–H and O–H groups in total. The van der Waals surface area contributed by atoms with E-state index in [0.717, 1.165) is 36.1 Å². The van der Waals surface area contributed by atoms with Gasteiger partial charge in [-0.1, -0.05) is 17.7 Å². The van der Waals surface area contributed by atoms with Gasteiger partial charge in [0, 0.05) is 23.0 Å². The zero-order valence-electron chi connectivity index (χ0n) is 20.0. The summed E-state index contributed by atoms with van der Waals surface area (Å²) in [6.45, 7) is 5.04. The molecule has 1 saturated carbocycles. The molecular formula is C28H29FN2O3S. The highest BCUT2D eigenvalue weighted by atomic mass is 32.1. The van der Waals surface area contributed by atoms with Crippen molar-refractivity contribution in [2.24, 2.45) is 0 Å².